The van der Waals surface area contributed by atoms with Crippen LogP contribution in [0.15, 0.2) is 46.7 Å². The van der Waals surface area contributed by atoms with Gasteiger partial charge in [0.05, 0.1) is 0 Å². The van der Waals surface area contributed by atoms with Gasteiger partial charge in [0.25, 0.3) is 5.56 Å². The molecule has 0 saturated carbocycles. The second kappa shape index (κ2) is 8.35. The van der Waals surface area contributed by atoms with Crippen LogP contribution in [0.25, 0.3) is 11.8 Å². The zero-order valence-electron chi connectivity index (χ0n) is 17.0. The summed E-state index contributed by atoms with van der Waals surface area (Å²) in [6.07, 6.45) is 5.72. The summed E-state index contributed by atoms with van der Waals surface area (Å²) in [6.45, 7) is 3.28. The first-order valence-electron chi connectivity index (χ1n) is 9.72. The SMILES string of the molecule is Cc1csc(COc2ccn(C3=Cc4ccc(CN(C)C)cc4CC3)c(=O)c2)n1. The summed E-state index contributed by atoms with van der Waals surface area (Å²) in [4.78, 5) is 19.2. The van der Waals surface area contributed by atoms with Crippen molar-refractivity contribution in [2.24, 2.45) is 0 Å². The van der Waals surface area contributed by atoms with Crippen molar-refractivity contribution < 1.29 is 4.74 Å². The van der Waals surface area contributed by atoms with Crippen LogP contribution < -0.4 is 10.3 Å². The topological polar surface area (TPSA) is 47.4 Å². The molecule has 0 N–H and O–H groups in total. The van der Waals surface area contributed by atoms with Crippen molar-refractivity contribution in [2.45, 2.75) is 32.9 Å². The van der Waals surface area contributed by atoms with Crippen molar-refractivity contribution in [3.05, 3.63) is 79.7 Å². The van der Waals surface area contributed by atoms with Gasteiger partial charge in [0.2, 0.25) is 0 Å². The maximum atomic E-state index is 12.7. The van der Waals surface area contributed by atoms with Gasteiger partial charge < -0.3 is 9.64 Å². The highest BCUT2D eigenvalue weighted by atomic mass is 32.1. The third kappa shape index (κ3) is 4.66. The molecule has 0 unspecified atom stereocenters. The number of ether oxygens (including phenoxy) is 1. The summed E-state index contributed by atoms with van der Waals surface area (Å²) in [5, 5.41) is 2.90. The lowest BCUT2D eigenvalue weighted by atomic mass is 9.93. The molecule has 29 heavy (non-hydrogen) atoms. The summed E-state index contributed by atoms with van der Waals surface area (Å²) in [7, 11) is 4.16. The molecule has 0 saturated heterocycles. The van der Waals surface area contributed by atoms with Gasteiger partial charge in [-0.15, -0.1) is 11.3 Å². The summed E-state index contributed by atoms with van der Waals surface area (Å²) >= 11 is 1.57. The first-order chi connectivity index (χ1) is 14.0. The van der Waals surface area contributed by atoms with E-state index in [9.17, 15) is 4.79 Å². The minimum absolute atomic E-state index is 0.0725. The fourth-order valence-corrected chi connectivity index (χ4v) is 4.27. The predicted octanol–water partition coefficient (Wildman–Crippen LogP) is 4.20. The maximum absolute atomic E-state index is 12.7. The van der Waals surface area contributed by atoms with E-state index in [1.165, 1.54) is 16.7 Å². The number of thiazole rings is 1. The molecule has 0 bridgehead atoms. The standard InChI is InChI=1S/C23H25N3O2S/c1-16-15-29-22(24-16)14-28-21-8-9-26(23(27)12-21)20-7-6-18-10-17(13-25(2)3)4-5-19(18)11-20/h4-5,8-12,15H,6-7,13-14H2,1-3H3. The Morgan fingerprint density at radius 2 is 2.07 bits per heavy atom. The predicted molar refractivity (Wildman–Crippen MR) is 118 cm³/mol. The lowest BCUT2D eigenvalue weighted by molar-refractivity contribution is 0.304. The highest BCUT2D eigenvalue weighted by molar-refractivity contribution is 7.09. The molecule has 2 heterocycles. The highest BCUT2D eigenvalue weighted by Gasteiger charge is 2.14. The Hall–Kier alpha value is -2.70. The lowest BCUT2D eigenvalue weighted by Crippen LogP contribution is -2.19. The number of allylic oxidation sites excluding steroid dienone is 1. The Bertz CT molecular complexity index is 1110. The van der Waals surface area contributed by atoms with Crippen LogP contribution in [-0.4, -0.2) is 28.5 Å². The van der Waals surface area contributed by atoms with Crippen LogP contribution >= 0.6 is 11.3 Å². The monoisotopic (exact) mass is 407 g/mol. The van der Waals surface area contributed by atoms with E-state index in [1.807, 2.05) is 24.6 Å². The highest BCUT2D eigenvalue weighted by Crippen LogP contribution is 2.27. The Morgan fingerprint density at radius 3 is 2.79 bits per heavy atom. The summed E-state index contributed by atoms with van der Waals surface area (Å²) in [6, 6.07) is 10.0. The first kappa shape index (κ1) is 19.6. The average Bonchev–Trinajstić information content (AvgIpc) is 3.11. The van der Waals surface area contributed by atoms with Gasteiger partial charge >= 0.3 is 0 Å². The van der Waals surface area contributed by atoms with Gasteiger partial charge in [-0.2, -0.15) is 0 Å². The molecule has 1 aliphatic rings. The number of benzene rings is 1. The van der Waals surface area contributed by atoms with Crippen molar-refractivity contribution in [3.8, 4) is 5.75 Å². The minimum atomic E-state index is -0.0725. The Morgan fingerprint density at radius 1 is 1.21 bits per heavy atom. The van der Waals surface area contributed by atoms with Gasteiger partial charge in [0.1, 0.15) is 17.4 Å². The Labute approximate surface area is 174 Å². The number of rotatable bonds is 6. The number of pyridine rings is 1. The van der Waals surface area contributed by atoms with E-state index in [2.05, 4.69) is 48.3 Å². The number of hydrogen-bond donors (Lipinski definition) is 0. The van der Waals surface area contributed by atoms with Gasteiger partial charge in [-0.05, 0) is 62.7 Å². The van der Waals surface area contributed by atoms with Gasteiger partial charge in [-0.3, -0.25) is 9.36 Å². The summed E-state index contributed by atoms with van der Waals surface area (Å²) in [5.41, 5.74) is 5.80. The van der Waals surface area contributed by atoms with Crippen LogP contribution in [0.5, 0.6) is 5.75 Å². The first-order valence-corrected chi connectivity index (χ1v) is 10.6. The zero-order valence-corrected chi connectivity index (χ0v) is 17.8. The summed E-state index contributed by atoms with van der Waals surface area (Å²) < 4.78 is 7.46. The largest absolute Gasteiger partial charge is 0.486 e. The number of fused-ring (bicyclic) bond motifs is 1. The van der Waals surface area contributed by atoms with E-state index in [1.54, 1.807) is 22.0 Å². The molecule has 3 aromatic rings. The molecule has 6 heteroatoms. The Balaban J connectivity index is 1.51. The van der Waals surface area contributed by atoms with Crippen LogP contribution in [0.2, 0.25) is 0 Å². The van der Waals surface area contributed by atoms with E-state index in [4.69, 9.17) is 4.74 Å². The fraction of sp³-hybridized carbons (Fsp3) is 0.304. The number of hydrogen-bond acceptors (Lipinski definition) is 5. The van der Waals surface area contributed by atoms with E-state index >= 15 is 0 Å². The molecule has 2 aromatic heterocycles. The quantitative estimate of drug-likeness (QED) is 0.614. The third-order valence-electron chi connectivity index (χ3n) is 4.91. The van der Waals surface area contributed by atoms with Crippen LogP contribution in [0.4, 0.5) is 0 Å². The molecule has 5 nitrogen and oxygen atoms in total. The summed E-state index contributed by atoms with van der Waals surface area (Å²) in [5.74, 6) is 0.573. The molecule has 0 fully saturated rings. The van der Waals surface area contributed by atoms with Crippen LogP contribution in [0.1, 0.15) is 33.8 Å². The minimum Gasteiger partial charge on any atom is -0.486 e. The molecule has 1 aromatic carbocycles. The molecule has 0 amide bonds. The molecule has 150 valence electrons. The van der Waals surface area contributed by atoms with Gasteiger partial charge in [-0.1, -0.05) is 18.2 Å². The fourth-order valence-electron chi connectivity index (χ4n) is 3.59. The molecule has 0 atom stereocenters. The van der Waals surface area contributed by atoms with Crippen LogP contribution in [0.3, 0.4) is 0 Å². The van der Waals surface area contributed by atoms with E-state index in [0.29, 0.717) is 12.4 Å². The molecule has 0 aliphatic heterocycles. The van der Waals surface area contributed by atoms with Crippen molar-refractivity contribution in [2.75, 3.05) is 14.1 Å². The van der Waals surface area contributed by atoms with E-state index in [0.717, 1.165) is 35.8 Å². The van der Waals surface area contributed by atoms with Gasteiger partial charge in [-0.25, -0.2) is 4.98 Å². The average molecular weight is 408 g/mol. The molecule has 1 aliphatic carbocycles. The zero-order chi connectivity index (χ0) is 20.4. The smallest absolute Gasteiger partial charge is 0.258 e. The van der Waals surface area contributed by atoms with E-state index < -0.39 is 0 Å². The van der Waals surface area contributed by atoms with Gasteiger partial charge in [0, 0.05) is 35.6 Å². The van der Waals surface area contributed by atoms with Crippen LogP contribution in [-0.2, 0) is 19.6 Å². The van der Waals surface area contributed by atoms with Crippen molar-refractivity contribution in [1.29, 1.82) is 0 Å². The molecule has 0 radical (unpaired) electrons. The van der Waals surface area contributed by atoms with Crippen molar-refractivity contribution in [3.63, 3.8) is 0 Å². The molecule has 0 spiro atoms. The lowest BCUT2D eigenvalue weighted by Gasteiger charge is -2.20. The normalized spacial score (nSPS) is 13.3. The van der Waals surface area contributed by atoms with E-state index in [-0.39, 0.29) is 5.56 Å². The molecule has 4 rings (SSSR count). The second-order valence-corrected chi connectivity index (χ2v) is 8.59. The third-order valence-corrected chi connectivity index (χ3v) is 5.85. The van der Waals surface area contributed by atoms with Gasteiger partial charge in [0.15, 0.2) is 0 Å². The van der Waals surface area contributed by atoms with Crippen LogP contribution in [0, 0.1) is 6.92 Å². The number of nitrogens with zero attached hydrogens (tertiary/aromatic N) is 3. The molecular weight excluding hydrogens is 382 g/mol. The molecular formula is C23H25N3O2S. The maximum Gasteiger partial charge on any atom is 0.258 e. The number of aryl methyl sites for hydroxylation is 2. The van der Waals surface area contributed by atoms with Crippen molar-refractivity contribution >= 4 is 23.1 Å². The van der Waals surface area contributed by atoms with Crippen molar-refractivity contribution in [1.82, 2.24) is 14.5 Å². The second-order valence-electron chi connectivity index (χ2n) is 7.65. The Kier molecular flexibility index (Phi) is 5.65. The number of aromatic nitrogens is 2.